The molecular formula is C11H22O. The van der Waals surface area contributed by atoms with Crippen LogP contribution in [0.1, 0.15) is 53.4 Å². The van der Waals surface area contributed by atoms with E-state index in [1.807, 2.05) is 6.92 Å². The van der Waals surface area contributed by atoms with Gasteiger partial charge in [0.2, 0.25) is 0 Å². The molecular weight excluding hydrogens is 148 g/mol. The van der Waals surface area contributed by atoms with E-state index < -0.39 is 5.60 Å². The second kappa shape index (κ2) is 3.02. The minimum atomic E-state index is -0.414. The van der Waals surface area contributed by atoms with Gasteiger partial charge in [-0.1, -0.05) is 27.2 Å². The molecule has 0 unspecified atom stereocenters. The Morgan fingerprint density at radius 1 is 1.33 bits per heavy atom. The van der Waals surface area contributed by atoms with Gasteiger partial charge in [-0.05, 0) is 37.5 Å². The molecule has 0 aromatic rings. The molecule has 12 heavy (non-hydrogen) atoms. The standard InChI is InChI=1S/C11H22O/c1-5-10(3)6-9(2)7-11(4,12)8-10/h9,12H,5-8H2,1-4H3/t9-,10-,11+/m0/s1. The summed E-state index contributed by atoms with van der Waals surface area (Å²) in [6.45, 7) is 8.77. The van der Waals surface area contributed by atoms with E-state index in [0.29, 0.717) is 11.3 Å². The molecule has 0 bridgehead atoms. The van der Waals surface area contributed by atoms with Gasteiger partial charge in [0.05, 0.1) is 5.60 Å². The van der Waals surface area contributed by atoms with E-state index in [1.165, 1.54) is 12.8 Å². The van der Waals surface area contributed by atoms with Crippen molar-refractivity contribution in [1.29, 1.82) is 0 Å². The van der Waals surface area contributed by atoms with Gasteiger partial charge in [0, 0.05) is 0 Å². The van der Waals surface area contributed by atoms with Crippen LogP contribution in [0.3, 0.4) is 0 Å². The van der Waals surface area contributed by atoms with E-state index in [4.69, 9.17) is 0 Å². The molecule has 0 radical (unpaired) electrons. The number of aliphatic hydroxyl groups is 1. The Hall–Kier alpha value is -0.0400. The summed E-state index contributed by atoms with van der Waals surface area (Å²) in [6.07, 6.45) is 4.41. The highest BCUT2D eigenvalue weighted by Gasteiger charge is 2.39. The van der Waals surface area contributed by atoms with Crippen molar-refractivity contribution in [1.82, 2.24) is 0 Å². The lowest BCUT2D eigenvalue weighted by molar-refractivity contribution is -0.0509. The summed E-state index contributed by atoms with van der Waals surface area (Å²) >= 11 is 0. The highest BCUT2D eigenvalue weighted by molar-refractivity contribution is 4.91. The Labute approximate surface area is 76.2 Å². The molecule has 0 aromatic carbocycles. The summed E-state index contributed by atoms with van der Waals surface area (Å²) in [6, 6.07) is 0. The van der Waals surface area contributed by atoms with Crippen molar-refractivity contribution in [3.05, 3.63) is 0 Å². The fourth-order valence-corrected chi connectivity index (χ4v) is 3.00. The van der Waals surface area contributed by atoms with Crippen molar-refractivity contribution < 1.29 is 5.11 Å². The fraction of sp³-hybridized carbons (Fsp3) is 1.00. The maximum Gasteiger partial charge on any atom is 0.0627 e. The van der Waals surface area contributed by atoms with Crippen LogP contribution >= 0.6 is 0 Å². The average Bonchev–Trinajstić information content (AvgIpc) is 1.82. The molecule has 1 rings (SSSR count). The topological polar surface area (TPSA) is 20.2 Å². The van der Waals surface area contributed by atoms with E-state index in [0.717, 1.165) is 12.8 Å². The van der Waals surface area contributed by atoms with Crippen molar-refractivity contribution in [3.63, 3.8) is 0 Å². The van der Waals surface area contributed by atoms with Gasteiger partial charge < -0.3 is 5.11 Å². The smallest absolute Gasteiger partial charge is 0.0627 e. The largest absolute Gasteiger partial charge is 0.390 e. The second-order valence-electron chi connectivity index (χ2n) is 5.35. The van der Waals surface area contributed by atoms with E-state index in [1.54, 1.807) is 0 Å². The SMILES string of the molecule is CC[C@@]1(C)C[C@H](C)C[C@@](C)(O)C1. The lowest BCUT2D eigenvalue weighted by Crippen LogP contribution is -2.40. The predicted molar refractivity (Wildman–Crippen MR) is 52.0 cm³/mol. The molecule has 1 aliphatic carbocycles. The molecule has 1 nitrogen and oxygen atoms in total. The third-order valence-corrected chi connectivity index (χ3v) is 3.29. The van der Waals surface area contributed by atoms with Crippen LogP contribution in [0.5, 0.6) is 0 Å². The highest BCUT2D eigenvalue weighted by Crippen LogP contribution is 2.45. The fourth-order valence-electron chi connectivity index (χ4n) is 3.00. The first-order valence-corrected chi connectivity index (χ1v) is 5.09. The molecule has 0 amide bonds. The summed E-state index contributed by atoms with van der Waals surface area (Å²) in [5.74, 6) is 0.679. The molecule has 0 aromatic heterocycles. The van der Waals surface area contributed by atoms with Crippen molar-refractivity contribution in [2.24, 2.45) is 11.3 Å². The Kier molecular flexibility index (Phi) is 2.53. The molecule has 0 heterocycles. The van der Waals surface area contributed by atoms with Crippen molar-refractivity contribution >= 4 is 0 Å². The van der Waals surface area contributed by atoms with E-state index in [-0.39, 0.29) is 0 Å². The first kappa shape index (κ1) is 10.0. The number of rotatable bonds is 1. The van der Waals surface area contributed by atoms with Gasteiger partial charge in [0.25, 0.3) is 0 Å². The van der Waals surface area contributed by atoms with Crippen LogP contribution in [0.2, 0.25) is 0 Å². The minimum absolute atomic E-state index is 0.376. The first-order chi connectivity index (χ1) is 5.37. The van der Waals surface area contributed by atoms with Crippen molar-refractivity contribution in [2.75, 3.05) is 0 Å². The van der Waals surface area contributed by atoms with Crippen LogP contribution < -0.4 is 0 Å². The van der Waals surface area contributed by atoms with Gasteiger partial charge in [-0.2, -0.15) is 0 Å². The predicted octanol–water partition coefficient (Wildman–Crippen LogP) is 2.97. The number of hydrogen-bond acceptors (Lipinski definition) is 1. The molecule has 3 atom stereocenters. The normalized spacial score (nSPS) is 49.2. The lowest BCUT2D eigenvalue weighted by Gasteiger charge is -2.44. The monoisotopic (exact) mass is 170 g/mol. The van der Waals surface area contributed by atoms with Crippen LogP contribution in [0.25, 0.3) is 0 Å². The molecule has 1 fully saturated rings. The average molecular weight is 170 g/mol. The van der Waals surface area contributed by atoms with Gasteiger partial charge in [-0.25, -0.2) is 0 Å². The maximum atomic E-state index is 10.0. The van der Waals surface area contributed by atoms with Crippen LogP contribution in [-0.4, -0.2) is 10.7 Å². The van der Waals surface area contributed by atoms with Crippen LogP contribution in [-0.2, 0) is 0 Å². The van der Waals surface area contributed by atoms with E-state index >= 15 is 0 Å². The van der Waals surface area contributed by atoms with Gasteiger partial charge >= 0.3 is 0 Å². The Morgan fingerprint density at radius 3 is 2.33 bits per heavy atom. The second-order valence-corrected chi connectivity index (χ2v) is 5.35. The Balaban J connectivity index is 2.70. The van der Waals surface area contributed by atoms with Gasteiger partial charge in [-0.15, -0.1) is 0 Å². The highest BCUT2D eigenvalue weighted by atomic mass is 16.3. The molecule has 1 N–H and O–H groups in total. The molecule has 1 heteroatoms. The molecule has 0 spiro atoms. The van der Waals surface area contributed by atoms with E-state index in [2.05, 4.69) is 20.8 Å². The Bertz CT molecular complexity index is 162. The summed E-state index contributed by atoms with van der Waals surface area (Å²) in [5.41, 5.74) is -0.0381. The molecule has 0 aliphatic heterocycles. The number of hydrogen-bond donors (Lipinski definition) is 1. The third-order valence-electron chi connectivity index (χ3n) is 3.29. The van der Waals surface area contributed by atoms with Gasteiger partial charge in [-0.3, -0.25) is 0 Å². The summed E-state index contributed by atoms with van der Waals surface area (Å²) in [7, 11) is 0. The maximum absolute atomic E-state index is 10.0. The molecule has 1 saturated carbocycles. The zero-order chi connectivity index (χ0) is 9.41. The van der Waals surface area contributed by atoms with Crippen LogP contribution in [0, 0.1) is 11.3 Å². The Morgan fingerprint density at radius 2 is 1.92 bits per heavy atom. The molecule has 72 valence electrons. The quantitative estimate of drug-likeness (QED) is 0.641. The molecule has 0 saturated heterocycles. The van der Waals surface area contributed by atoms with Crippen molar-refractivity contribution in [2.45, 2.75) is 59.0 Å². The van der Waals surface area contributed by atoms with Gasteiger partial charge in [0.15, 0.2) is 0 Å². The van der Waals surface area contributed by atoms with Gasteiger partial charge in [0.1, 0.15) is 0 Å². The van der Waals surface area contributed by atoms with Crippen LogP contribution in [0.4, 0.5) is 0 Å². The lowest BCUT2D eigenvalue weighted by atomic mass is 9.64. The van der Waals surface area contributed by atoms with E-state index in [9.17, 15) is 5.11 Å². The summed E-state index contributed by atoms with van der Waals surface area (Å²) < 4.78 is 0. The zero-order valence-electron chi connectivity index (χ0n) is 8.85. The minimum Gasteiger partial charge on any atom is -0.390 e. The molecule has 1 aliphatic rings. The summed E-state index contributed by atoms with van der Waals surface area (Å²) in [5, 5.41) is 10.0. The zero-order valence-corrected chi connectivity index (χ0v) is 8.85. The third kappa shape index (κ3) is 2.22. The summed E-state index contributed by atoms with van der Waals surface area (Å²) in [4.78, 5) is 0. The first-order valence-electron chi connectivity index (χ1n) is 5.09. The van der Waals surface area contributed by atoms with Crippen molar-refractivity contribution in [3.8, 4) is 0 Å². The van der Waals surface area contributed by atoms with Crippen LogP contribution in [0.15, 0.2) is 0 Å².